The predicted octanol–water partition coefficient (Wildman–Crippen LogP) is 4.37. The largest absolute Gasteiger partial charge is 0.448 e. The summed E-state index contributed by atoms with van der Waals surface area (Å²) >= 11 is 0. The van der Waals surface area contributed by atoms with Crippen LogP contribution in [0.3, 0.4) is 0 Å². The van der Waals surface area contributed by atoms with Gasteiger partial charge in [-0.25, -0.2) is 0 Å². The summed E-state index contributed by atoms with van der Waals surface area (Å²) < 4.78 is 46.1. The summed E-state index contributed by atoms with van der Waals surface area (Å²) in [5, 5.41) is 12.9. The monoisotopic (exact) mass is 432 g/mol. The van der Waals surface area contributed by atoms with E-state index < -0.39 is 23.8 Å². The third kappa shape index (κ3) is 4.69. The number of alkyl halides is 3. The first-order chi connectivity index (χ1) is 14.8. The number of rotatable bonds is 4. The van der Waals surface area contributed by atoms with Gasteiger partial charge in [-0.15, -0.1) is 0 Å². The number of benzene rings is 2. The molecular formula is C23H23F3N2O3. The van der Waals surface area contributed by atoms with E-state index >= 15 is 0 Å². The number of amides is 1. The summed E-state index contributed by atoms with van der Waals surface area (Å²) in [6.45, 7) is -0.0844. The van der Waals surface area contributed by atoms with Gasteiger partial charge in [0.25, 0.3) is 5.91 Å². The van der Waals surface area contributed by atoms with E-state index in [0.29, 0.717) is 24.3 Å². The first-order valence-electron chi connectivity index (χ1n) is 10.2. The Kier molecular flexibility index (Phi) is 5.91. The number of hydrogen-bond donors (Lipinski definition) is 2. The van der Waals surface area contributed by atoms with Crippen molar-refractivity contribution in [3.05, 3.63) is 71.6 Å². The molecule has 1 aliphatic heterocycles. The van der Waals surface area contributed by atoms with Crippen LogP contribution in [0.4, 0.5) is 18.9 Å². The van der Waals surface area contributed by atoms with Crippen LogP contribution in [-0.2, 0) is 17.5 Å². The topological polar surface area (TPSA) is 61.8 Å². The lowest BCUT2D eigenvalue weighted by Crippen LogP contribution is -2.46. The van der Waals surface area contributed by atoms with Gasteiger partial charge in [0.2, 0.25) is 5.76 Å². The quantitative estimate of drug-likeness (QED) is 0.754. The molecule has 4 rings (SSSR count). The van der Waals surface area contributed by atoms with Crippen LogP contribution in [-0.4, -0.2) is 23.2 Å². The van der Waals surface area contributed by atoms with Gasteiger partial charge < -0.3 is 20.1 Å². The predicted molar refractivity (Wildman–Crippen MR) is 109 cm³/mol. The van der Waals surface area contributed by atoms with E-state index in [1.165, 1.54) is 18.3 Å². The molecule has 164 valence electrons. The Morgan fingerprint density at radius 3 is 2.58 bits per heavy atom. The normalized spacial score (nSPS) is 21.0. The Balaban J connectivity index is 1.62. The molecule has 1 fully saturated rings. The average Bonchev–Trinajstić information content (AvgIpc) is 2.75. The molecule has 2 aromatic carbocycles. The summed E-state index contributed by atoms with van der Waals surface area (Å²) in [5.74, 6) is -0.153. The Morgan fingerprint density at radius 1 is 1.10 bits per heavy atom. The maximum atomic E-state index is 13.5. The summed E-state index contributed by atoms with van der Waals surface area (Å²) in [4.78, 5) is 14.4. The number of fused-ring (bicyclic) bond motifs is 1. The minimum absolute atomic E-state index is 0.0269. The third-order valence-electron chi connectivity index (χ3n) is 5.60. The number of ether oxygens (including phenoxy) is 1. The molecule has 5 nitrogen and oxygen atoms in total. The fraction of sp³-hybridized carbons (Fsp3) is 0.348. The van der Waals surface area contributed by atoms with Crippen LogP contribution in [0.15, 0.2) is 60.5 Å². The van der Waals surface area contributed by atoms with Crippen molar-refractivity contribution in [3.8, 4) is 5.75 Å². The highest BCUT2D eigenvalue weighted by Gasteiger charge is 2.34. The molecule has 8 heteroatoms. The van der Waals surface area contributed by atoms with Crippen LogP contribution >= 0.6 is 0 Å². The van der Waals surface area contributed by atoms with Crippen molar-refractivity contribution < 1.29 is 27.8 Å². The van der Waals surface area contributed by atoms with Gasteiger partial charge in [0.05, 0.1) is 29.6 Å². The number of aliphatic hydroxyl groups excluding tert-OH is 1. The van der Waals surface area contributed by atoms with Crippen LogP contribution in [0.1, 0.15) is 36.8 Å². The minimum atomic E-state index is -4.48. The van der Waals surface area contributed by atoms with Crippen LogP contribution in [0.2, 0.25) is 0 Å². The lowest BCUT2D eigenvalue weighted by Gasteiger charge is -2.31. The lowest BCUT2D eigenvalue weighted by atomic mass is 9.92. The molecule has 2 aliphatic rings. The van der Waals surface area contributed by atoms with Gasteiger partial charge in [-0.05, 0) is 36.6 Å². The van der Waals surface area contributed by atoms with Crippen molar-refractivity contribution in [1.82, 2.24) is 5.32 Å². The molecule has 1 saturated carbocycles. The Labute approximate surface area is 178 Å². The molecule has 31 heavy (non-hydrogen) atoms. The van der Waals surface area contributed by atoms with Gasteiger partial charge in [0, 0.05) is 6.54 Å². The van der Waals surface area contributed by atoms with E-state index in [1.54, 1.807) is 35.2 Å². The number of nitrogens with zero attached hydrogens (tertiary/aromatic N) is 1. The van der Waals surface area contributed by atoms with Crippen LogP contribution in [0.25, 0.3) is 0 Å². The Bertz CT molecular complexity index is 990. The maximum Gasteiger partial charge on any atom is 0.416 e. The molecule has 0 spiro atoms. The average molecular weight is 432 g/mol. The molecule has 1 heterocycles. The second kappa shape index (κ2) is 8.63. The molecule has 0 bridgehead atoms. The summed E-state index contributed by atoms with van der Waals surface area (Å²) in [6, 6.07) is 11.9. The maximum absolute atomic E-state index is 13.5. The van der Waals surface area contributed by atoms with Gasteiger partial charge in [-0.3, -0.25) is 4.79 Å². The fourth-order valence-electron chi connectivity index (χ4n) is 4.01. The molecule has 0 saturated heterocycles. The second-order valence-electron chi connectivity index (χ2n) is 7.78. The number of para-hydroxylation sites is 2. The number of anilines is 1. The molecule has 2 aromatic rings. The number of aliphatic hydroxyl groups is 1. The highest BCUT2D eigenvalue weighted by Crippen LogP contribution is 2.37. The van der Waals surface area contributed by atoms with Gasteiger partial charge >= 0.3 is 6.18 Å². The second-order valence-corrected chi connectivity index (χ2v) is 7.78. The van der Waals surface area contributed by atoms with Gasteiger partial charge in [-0.2, -0.15) is 13.2 Å². The first kappa shape index (κ1) is 21.2. The smallest absolute Gasteiger partial charge is 0.416 e. The van der Waals surface area contributed by atoms with E-state index in [0.717, 1.165) is 18.9 Å². The van der Waals surface area contributed by atoms with Gasteiger partial charge in [0.15, 0.2) is 5.75 Å². The molecule has 1 aliphatic carbocycles. The van der Waals surface area contributed by atoms with Crippen molar-refractivity contribution in [2.45, 2.75) is 50.6 Å². The summed E-state index contributed by atoms with van der Waals surface area (Å²) in [6.07, 6.45) is -0.585. The number of halogens is 3. The van der Waals surface area contributed by atoms with E-state index in [-0.39, 0.29) is 23.9 Å². The van der Waals surface area contributed by atoms with Gasteiger partial charge in [0.1, 0.15) is 0 Å². The SMILES string of the molecule is O=C(N[C@H]1CCCC[C@@H]1O)C1=CN(Cc2ccccc2C(F)(F)F)c2ccccc2O1. The third-order valence-corrected chi connectivity index (χ3v) is 5.60. The van der Waals surface area contributed by atoms with Crippen LogP contribution < -0.4 is 15.0 Å². The molecule has 0 radical (unpaired) electrons. The molecule has 0 aromatic heterocycles. The Hall–Kier alpha value is -3.00. The van der Waals surface area contributed by atoms with Crippen molar-refractivity contribution in [3.63, 3.8) is 0 Å². The molecule has 2 N–H and O–H groups in total. The van der Waals surface area contributed by atoms with Crippen LogP contribution in [0, 0.1) is 0 Å². The highest BCUT2D eigenvalue weighted by atomic mass is 19.4. The number of carbonyl (C=O) groups is 1. The first-order valence-corrected chi connectivity index (χ1v) is 10.2. The van der Waals surface area contributed by atoms with Crippen LogP contribution in [0.5, 0.6) is 5.75 Å². The zero-order valence-electron chi connectivity index (χ0n) is 16.7. The number of nitrogens with one attached hydrogen (secondary N) is 1. The minimum Gasteiger partial charge on any atom is -0.448 e. The zero-order chi connectivity index (χ0) is 22.0. The van der Waals surface area contributed by atoms with E-state index in [2.05, 4.69) is 5.32 Å². The Morgan fingerprint density at radius 2 is 1.81 bits per heavy atom. The van der Waals surface area contributed by atoms with E-state index in [9.17, 15) is 23.1 Å². The summed E-state index contributed by atoms with van der Waals surface area (Å²) in [5.41, 5.74) is -0.0668. The van der Waals surface area contributed by atoms with Crippen molar-refractivity contribution in [2.24, 2.45) is 0 Å². The van der Waals surface area contributed by atoms with E-state index in [1.807, 2.05) is 0 Å². The van der Waals surface area contributed by atoms with E-state index in [4.69, 9.17) is 4.74 Å². The fourth-order valence-corrected chi connectivity index (χ4v) is 4.01. The lowest BCUT2D eigenvalue weighted by molar-refractivity contribution is -0.138. The zero-order valence-corrected chi connectivity index (χ0v) is 16.7. The standard InChI is InChI=1S/C23H23F3N2O3/c24-23(25,26)16-8-2-1-7-15(16)13-28-14-21(31-20-12-6-4-10-18(20)28)22(30)27-17-9-3-5-11-19(17)29/h1-2,4,6-8,10,12,14,17,19,29H,3,5,9,11,13H2,(H,27,30)/t17-,19-/m0/s1. The summed E-state index contributed by atoms with van der Waals surface area (Å²) in [7, 11) is 0. The molecular weight excluding hydrogens is 409 g/mol. The number of hydrogen-bond acceptors (Lipinski definition) is 4. The van der Waals surface area contributed by atoms with Crippen molar-refractivity contribution in [1.29, 1.82) is 0 Å². The molecule has 2 atom stereocenters. The molecule has 1 amide bonds. The van der Waals surface area contributed by atoms with Crippen molar-refractivity contribution in [2.75, 3.05) is 4.90 Å². The van der Waals surface area contributed by atoms with Gasteiger partial charge in [-0.1, -0.05) is 43.2 Å². The molecule has 0 unspecified atom stereocenters. The van der Waals surface area contributed by atoms with Crippen molar-refractivity contribution >= 4 is 11.6 Å². The number of carbonyl (C=O) groups excluding carboxylic acids is 1. The highest BCUT2D eigenvalue weighted by molar-refractivity contribution is 5.93.